The van der Waals surface area contributed by atoms with E-state index >= 15 is 0 Å². The zero-order valence-electron chi connectivity index (χ0n) is 10.3. The minimum Gasteiger partial charge on any atom is -0.455 e. The molecule has 1 aromatic rings. The van der Waals surface area contributed by atoms with Gasteiger partial charge in [0.1, 0.15) is 0 Å². The summed E-state index contributed by atoms with van der Waals surface area (Å²) in [6.07, 6.45) is 0.834. The second kappa shape index (κ2) is 5.80. The number of hydrogen-bond acceptors (Lipinski definition) is 3. The van der Waals surface area contributed by atoms with Crippen molar-refractivity contribution in [3.05, 3.63) is 28.2 Å². The van der Waals surface area contributed by atoms with E-state index < -0.39 is 5.91 Å². The average molecular weight is 302 g/mol. The van der Waals surface area contributed by atoms with Crippen LogP contribution in [0.1, 0.15) is 13.3 Å². The van der Waals surface area contributed by atoms with E-state index in [1.807, 2.05) is 6.92 Å². The van der Waals surface area contributed by atoms with E-state index in [1.165, 1.54) is 6.07 Å². The molecule has 2 atom stereocenters. The summed E-state index contributed by atoms with van der Waals surface area (Å²) < 4.78 is 4.91. The molecule has 1 aliphatic rings. The summed E-state index contributed by atoms with van der Waals surface area (Å²) >= 11 is 11.7. The number of anilines is 1. The molecule has 2 unspecified atom stereocenters. The van der Waals surface area contributed by atoms with Crippen LogP contribution in [0.15, 0.2) is 18.2 Å². The molecule has 0 heterocycles. The highest BCUT2D eigenvalue weighted by molar-refractivity contribution is 6.35. The van der Waals surface area contributed by atoms with Crippen molar-refractivity contribution in [2.75, 3.05) is 11.9 Å². The van der Waals surface area contributed by atoms with Crippen LogP contribution in [0.5, 0.6) is 0 Å². The lowest BCUT2D eigenvalue weighted by Gasteiger charge is -2.08. The maximum atomic E-state index is 11.6. The normalized spacial score (nSPS) is 20.8. The maximum absolute atomic E-state index is 11.6. The second-order valence-electron chi connectivity index (χ2n) is 4.60. The Kier molecular flexibility index (Phi) is 4.32. The van der Waals surface area contributed by atoms with Crippen molar-refractivity contribution in [3.8, 4) is 0 Å². The molecule has 1 fully saturated rings. The van der Waals surface area contributed by atoms with Crippen LogP contribution in [-0.2, 0) is 14.3 Å². The van der Waals surface area contributed by atoms with E-state index in [0.717, 1.165) is 6.42 Å². The molecule has 1 aliphatic carbocycles. The molecule has 1 amide bonds. The molecule has 0 aliphatic heterocycles. The zero-order valence-corrected chi connectivity index (χ0v) is 11.8. The fourth-order valence-electron chi connectivity index (χ4n) is 1.67. The summed E-state index contributed by atoms with van der Waals surface area (Å²) in [6, 6.07) is 4.73. The van der Waals surface area contributed by atoms with E-state index in [0.29, 0.717) is 21.7 Å². The number of esters is 1. The van der Waals surface area contributed by atoms with Crippen LogP contribution >= 0.6 is 23.2 Å². The molecular weight excluding hydrogens is 289 g/mol. The van der Waals surface area contributed by atoms with Gasteiger partial charge in [0.05, 0.1) is 16.6 Å². The first-order valence-corrected chi connectivity index (χ1v) is 6.64. The van der Waals surface area contributed by atoms with Gasteiger partial charge in [0, 0.05) is 5.02 Å². The summed E-state index contributed by atoms with van der Waals surface area (Å²) in [6.45, 7) is 1.66. The first-order chi connectivity index (χ1) is 8.97. The number of halogens is 2. The Morgan fingerprint density at radius 3 is 2.74 bits per heavy atom. The largest absolute Gasteiger partial charge is 0.455 e. The standard InChI is InChI=1S/C13H13Cl2NO3/c1-7-4-9(7)13(18)19-6-12(17)16-11-5-8(14)2-3-10(11)15/h2-3,5,7,9H,4,6H2,1H3,(H,16,17). The first kappa shape index (κ1) is 14.2. The molecule has 2 rings (SSSR count). The molecule has 0 saturated heterocycles. The quantitative estimate of drug-likeness (QED) is 0.869. The van der Waals surface area contributed by atoms with E-state index in [9.17, 15) is 9.59 Å². The Hall–Kier alpha value is -1.26. The number of benzene rings is 1. The molecular formula is C13H13Cl2NO3. The summed E-state index contributed by atoms with van der Waals surface area (Å²) in [5.74, 6) is -0.453. The highest BCUT2D eigenvalue weighted by Gasteiger charge is 2.40. The van der Waals surface area contributed by atoms with Crippen molar-refractivity contribution < 1.29 is 14.3 Å². The Balaban J connectivity index is 1.84. The summed E-state index contributed by atoms with van der Waals surface area (Å²) in [5, 5.41) is 3.38. The van der Waals surface area contributed by atoms with Gasteiger partial charge in [0.2, 0.25) is 0 Å². The Labute approximate surface area is 121 Å². The third-order valence-corrected chi connectivity index (χ3v) is 3.52. The van der Waals surface area contributed by atoms with Crippen LogP contribution in [0.4, 0.5) is 5.69 Å². The van der Waals surface area contributed by atoms with Crippen molar-refractivity contribution in [3.63, 3.8) is 0 Å². The molecule has 102 valence electrons. The van der Waals surface area contributed by atoms with Crippen molar-refractivity contribution in [1.82, 2.24) is 0 Å². The van der Waals surface area contributed by atoms with Gasteiger partial charge in [-0.05, 0) is 30.5 Å². The van der Waals surface area contributed by atoms with Gasteiger partial charge in [-0.3, -0.25) is 9.59 Å². The lowest BCUT2D eigenvalue weighted by Crippen LogP contribution is -2.21. The minimum absolute atomic E-state index is 0.0532. The number of ether oxygens (including phenoxy) is 1. The van der Waals surface area contributed by atoms with Crippen LogP contribution in [0.3, 0.4) is 0 Å². The van der Waals surface area contributed by atoms with Crippen molar-refractivity contribution in [2.45, 2.75) is 13.3 Å². The smallest absolute Gasteiger partial charge is 0.309 e. The molecule has 6 heteroatoms. The molecule has 1 saturated carbocycles. The molecule has 1 aromatic carbocycles. The van der Waals surface area contributed by atoms with E-state index in [1.54, 1.807) is 12.1 Å². The van der Waals surface area contributed by atoms with Gasteiger partial charge < -0.3 is 10.1 Å². The minimum atomic E-state index is -0.439. The van der Waals surface area contributed by atoms with E-state index in [-0.39, 0.29) is 18.5 Å². The fourth-order valence-corrected chi connectivity index (χ4v) is 2.01. The number of hydrogen-bond donors (Lipinski definition) is 1. The summed E-state index contributed by atoms with van der Waals surface area (Å²) in [7, 11) is 0. The fraction of sp³-hybridized carbons (Fsp3) is 0.385. The Morgan fingerprint density at radius 1 is 1.42 bits per heavy atom. The van der Waals surface area contributed by atoms with E-state index in [2.05, 4.69) is 5.32 Å². The van der Waals surface area contributed by atoms with Crippen LogP contribution in [0.2, 0.25) is 10.0 Å². The third-order valence-electron chi connectivity index (χ3n) is 2.96. The van der Waals surface area contributed by atoms with Crippen LogP contribution in [0, 0.1) is 11.8 Å². The average Bonchev–Trinajstić information content (AvgIpc) is 3.08. The topological polar surface area (TPSA) is 55.4 Å². The van der Waals surface area contributed by atoms with Crippen LogP contribution < -0.4 is 5.32 Å². The first-order valence-electron chi connectivity index (χ1n) is 5.89. The van der Waals surface area contributed by atoms with Crippen LogP contribution in [0.25, 0.3) is 0 Å². The molecule has 0 spiro atoms. The molecule has 1 N–H and O–H groups in total. The highest BCUT2D eigenvalue weighted by Crippen LogP contribution is 2.38. The van der Waals surface area contributed by atoms with Gasteiger partial charge in [0.15, 0.2) is 6.61 Å². The number of nitrogens with one attached hydrogen (secondary N) is 1. The van der Waals surface area contributed by atoms with Gasteiger partial charge in [-0.1, -0.05) is 30.1 Å². The highest BCUT2D eigenvalue weighted by atomic mass is 35.5. The van der Waals surface area contributed by atoms with Crippen molar-refractivity contribution in [1.29, 1.82) is 0 Å². The Morgan fingerprint density at radius 2 is 2.11 bits per heavy atom. The summed E-state index contributed by atoms with van der Waals surface area (Å²) in [5.41, 5.74) is 0.398. The van der Waals surface area contributed by atoms with Gasteiger partial charge in [-0.2, -0.15) is 0 Å². The molecule has 0 bridgehead atoms. The lowest BCUT2D eigenvalue weighted by atomic mass is 10.3. The summed E-state index contributed by atoms with van der Waals surface area (Å²) in [4.78, 5) is 23.1. The predicted molar refractivity (Wildman–Crippen MR) is 73.3 cm³/mol. The number of carbonyl (C=O) groups is 2. The van der Waals surface area contributed by atoms with Gasteiger partial charge in [-0.15, -0.1) is 0 Å². The van der Waals surface area contributed by atoms with Gasteiger partial charge in [-0.25, -0.2) is 0 Å². The molecule has 19 heavy (non-hydrogen) atoms. The SMILES string of the molecule is CC1CC1C(=O)OCC(=O)Nc1cc(Cl)ccc1Cl. The zero-order chi connectivity index (χ0) is 14.0. The van der Waals surface area contributed by atoms with Crippen molar-refractivity contribution in [2.24, 2.45) is 11.8 Å². The molecule has 0 aromatic heterocycles. The molecule has 0 radical (unpaired) electrons. The van der Waals surface area contributed by atoms with Crippen LogP contribution in [-0.4, -0.2) is 18.5 Å². The van der Waals surface area contributed by atoms with E-state index in [4.69, 9.17) is 27.9 Å². The van der Waals surface area contributed by atoms with Crippen molar-refractivity contribution >= 4 is 40.8 Å². The third kappa shape index (κ3) is 3.85. The predicted octanol–water partition coefficient (Wildman–Crippen LogP) is 3.13. The molecule has 4 nitrogen and oxygen atoms in total. The number of rotatable bonds is 4. The van der Waals surface area contributed by atoms with Gasteiger partial charge in [0.25, 0.3) is 5.91 Å². The maximum Gasteiger partial charge on any atom is 0.309 e. The second-order valence-corrected chi connectivity index (χ2v) is 5.44. The number of carbonyl (C=O) groups excluding carboxylic acids is 2. The lowest BCUT2D eigenvalue weighted by molar-refractivity contribution is -0.148. The Bertz CT molecular complexity index is 519. The monoisotopic (exact) mass is 301 g/mol. The van der Waals surface area contributed by atoms with Gasteiger partial charge >= 0.3 is 5.97 Å². The number of amides is 1.